The minimum atomic E-state index is -0.629. The molecule has 0 saturated heterocycles. The monoisotopic (exact) mass is 257 g/mol. The van der Waals surface area contributed by atoms with E-state index in [4.69, 9.17) is 15.2 Å². The van der Waals surface area contributed by atoms with Crippen molar-refractivity contribution in [2.24, 2.45) is 0 Å². The smallest absolute Gasteiger partial charge is 0.352 e. The Balaban J connectivity index is 2.78. The lowest BCUT2D eigenvalue weighted by atomic mass is 10.3. The zero-order chi connectivity index (χ0) is 13.5. The molecule has 9 heteroatoms. The molecule has 0 aliphatic rings. The van der Waals surface area contributed by atoms with Gasteiger partial charge in [-0.05, 0) is 0 Å². The number of aromatic nitrogens is 2. The largest absolute Gasteiger partial charge is 0.382 e. The average molecular weight is 257 g/mol. The van der Waals surface area contributed by atoms with E-state index in [1.807, 2.05) is 0 Å². The Labute approximate surface area is 103 Å². The van der Waals surface area contributed by atoms with Crippen LogP contribution < -0.4 is 11.1 Å². The molecule has 0 radical (unpaired) electrons. The Morgan fingerprint density at radius 3 is 2.83 bits per heavy atom. The number of hydrogen-bond acceptors (Lipinski definition) is 8. The van der Waals surface area contributed by atoms with Crippen molar-refractivity contribution in [2.45, 2.75) is 6.10 Å². The molecular formula is C9H15N5O4. The highest BCUT2D eigenvalue weighted by Crippen LogP contribution is 2.25. The molecule has 0 spiro atoms. The normalized spacial score (nSPS) is 12.1. The van der Waals surface area contributed by atoms with E-state index in [0.717, 1.165) is 6.33 Å². The van der Waals surface area contributed by atoms with Gasteiger partial charge in [0.05, 0.1) is 17.6 Å². The molecule has 1 rings (SSSR count). The molecule has 0 saturated carbocycles. The van der Waals surface area contributed by atoms with Gasteiger partial charge in [-0.3, -0.25) is 10.1 Å². The topological polar surface area (TPSA) is 125 Å². The first kappa shape index (κ1) is 14.1. The number of nitrogens with zero attached hydrogens (tertiary/aromatic N) is 3. The van der Waals surface area contributed by atoms with Gasteiger partial charge in [0.1, 0.15) is 6.33 Å². The van der Waals surface area contributed by atoms with Gasteiger partial charge in [-0.2, -0.15) is 0 Å². The summed E-state index contributed by atoms with van der Waals surface area (Å²) >= 11 is 0. The Morgan fingerprint density at radius 2 is 2.28 bits per heavy atom. The van der Waals surface area contributed by atoms with Gasteiger partial charge in [-0.15, -0.1) is 0 Å². The highest BCUT2D eigenvalue weighted by molar-refractivity contribution is 5.67. The number of nitrogens with one attached hydrogen (secondary N) is 1. The molecule has 0 aliphatic carbocycles. The van der Waals surface area contributed by atoms with Crippen LogP contribution in [-0.2, 0) is 9.47 Å². The number of nitrogen functional groups attached to an aromatic ring is 1. The van der Waals surface area contributed by atoms with Gasteiger partial charge in [0.25, 0.3) is 0 Å². The van der Waals surface area contributed by atoms with Crippen molar-refractivity contribution >= 4 is 17.3 Å². The predicted octanol–water partition coefficient (Wildman–Crippen LogP) is 0.0403. The van der Waals surface area contributed by atoms with Crippen molar-refractivity contribution in [1.82, 2.24) is 9.97 Å². The van der Waals surface area contributed by atoms with Crippen molar-refractivity contribution in [3.05, 3.63) is 16.4 Å². The fourth-order valence-corrected chi connectivity index (χ4v) is 1.31. The summed E-state index contributed by atoms with van der Waals surface area (Å²) < 4.78 is 10.0. The third-order valence-corrected chi connectivity index (χ3v) is 2.22. The zero-order valence-electron chi connectivity index (χ0n) is 10.1. The lowest BCUT2D eigenvalue weighted by molar-refractivity contribution is -0.383. The Morgan fingerprint density at radius 1 is 1.56 bits per heavy atom. The Hall–Kier alpha value is -2.00. The lowest BCUT2D eigenvalue weighted by Crippen LogP contribution is -2.27. The molecule has 3 N–H and O–H groups in total. The van der Waals surface area contributed by atoms with Crippen LogP contribution in [0.1, 0.15) is 0 Å². The molecule has 1 unspecified atom stereocenters. The van der Waals surface area contributed by atoms with Gasteiger partial charge in [-0.25, -0.2) is 9.97 Å². The summed E-state index contributed by atoms with van der Waals surface area (Å²) in [6, 6.07) is 0. The first-order chi connectivity index (χ1) is 8.60. The number of ether oxygens (including phenoxy) is 2. The van der Waals surface area contributed by atoms with Gasteiger partial charge in [0.15, 0.2) is 0 Å². The molecule has 9 nitrogen and oxygen atoms in total. The average Bonchev–Trinajstić information content (AvgIpc) is 2.33. The van der Waals surface area contributed by atoms with E-state index in [1.54, 1.807) is 0 Å². The minimum Gasteiger partial charge on any atom is -0.382 e. The summed E-state index contributed by atoms with van der Waals surface area (Å²) in [6.07, 6.45) is 0.911. The SMILES string of the molecule is COCC(CNc1ncnc(N)c1[N+](=O)[O-])OC. The molecule has 0 amide bonds. The van der Waals surface area contributed by atoms with E-state index in [0.29, 0.717) is 13.2 Å². The van der Waals surface area contributed by atoms with Crippen LogP contribution in [0.25, 0.3) is 0 Å². The highest BCUT2D eigenvalue weighted by atomic mass is 16.6. The zero-order valence-corrected chi connectivity index (χ0v) is 10.1. The fraction of sp³-hybridized carbons (Fsp3) is 0.556. The maximum Gasteiger partial charge on any atom is 0.352 e. The van der Waals surface area contributed by atoms with Crippen molar-refractivity contribution in [2.75, 3.05) is 38.4 Å². The van der Waals surface area contributed by atoms with Crippen molar-refractivity contribution in [3.8, 4) is 0 Å². The van der Waals surface area contributed by atoms with E-state index in [1.165, 1.54) is 14.2 Å². The number of rotatable bonds is 7. The van der Waals surface area contributed by atoms with E-state index < -0.39 is 4.92 Å². The molecule has 0 fully saturated rings. The molecule has 1 atom stereocenters. The van der Waals surface area contributed by atoms with Gasteiger partial charge in [0.2, 0.25) is 11.6 Å². The van der Waals surface area contributed by atoms with Crippen LogP contribution in [0.5, 0.6) is 0 Å². The molecule has 0 bridgehead atoms. The molecule has 1 aromatic heterocycles. The summed E-state index contributed by atoms with van der Waals surface area (Å²) in [5.41, 5.74) is 5.09. The Kier molecular flexibility index (Phi) is 5.21. The molecule has 18 heavy (non-hydrogen) atoms. The molecule has 1 aromatic rings. The van der Waals surface area contributed by atoms with Gasteiger partial charge >= 0.3 is 5.69 Å². The number of nitro groups is 1. The quantitative estimate of drug-likeness (QED) is 0.518. The van der Waals surface area contributed by atoms with Gasteiger partial charge in [-0.1, -0.05) is 0 Å². The second-order valence-corrected chi connectivity index (χ2v) is 3.41. The first-order valence-corrected chi connectivity index (χ1v) is 5.10. The maximum atomic E-state index is 10.8. The second kappa shape index (κ2) is 6.67. The van der Waals surface area contributed by atoms with Crippen LogP contribution in [0.2, 0.25) is 0 Å². The van der Waals surface area contributed by atoms with E-state index in [9.17, 15) is 10.1 Å². The molecule has 0 aliphatic heterocycles. The van der Waals surface area contributed by atoms with E-state index >= 15 is 0 Å². The van der Waals surface area contributed by atoms with Crippen molar-refractivity contribution in [1.29, 1.82) is 0 Å². The third kappa shape index (κ3) is 3.50. The van der Waals surface area contributed by atoms with Crippen LogP contribution in [0.4, 0.5) is 17.3 Å². The molecule has 1 heterocycles. The summed E-state index contributed by atoms with van der Waals surface area (Å²) in [7, 11) is 3.06. The van der Waals surface area contributed by atoms with Crippen LogP contribution in [-0.4, -0.2) is 48.4 Å². The Bertz CT molecular complexity index is 414. The maximum absolute atomic E-state index is 10.8. The highest BCUT2D eigenvalue weighted by Gasteiger charge is 2.21. The minimum absolute atomic E-state index is 0.0608. The second-order valence-electron chi connectivity index (χ2n) is 3.41. The number of anilines is 2. The van der Waals surface area contributed by atoms with Crippen LogP contribution >= 0.6 is 0 Å². The fourth-order valence-electron chi connectivity index (χ4n) is 1.31. The molecule has 0 aromatic carbocycles. The van der Waals surface area contributed by atoms with Gasteiger partial charge < -0.3 is 20.5 Å². The van der Waals surface area contributed by atoms with Crippen LogP contribution in [0, 0.1) is 10.1 Å². The number of methoxy groups -OCH3 is 2. The third-order valence-electron chi connectivity index (χ3n) is 2.22. The number of hydrogen-bond donors (Lipinski definition) is 2. The van der Waals surface area contributed by atoms with Gasteiger partial charge in [0, 0.05) is 20.8 Å². The van der Waals surface area contributed by atoms with Crippen LogP contribution in [0.15, 0.2) is 6.33 Å². The summed E-state index contributed by atoms with van der Waals surface area (Å²) in [6.45, 7) is 0.666. The molecular weight excluding hydrogens is 242 g/mol. The van der Waals surface area contributed by atoms with E-state index in [-0.39, 0.29) is 23.4 Å². The first-order valence-electron chi connectivity index (χ1n) is 5.10. The van der Waals surface area contributed by atoms with E-state index in [2.05, 4.69) is 15.3 Å². The van der Waals surface area contributed by atoms with Crippen LogP contribution in [0.3, 0.4) is 0 Å². The summed E-state index contributed by atoms with van der Waals surface area (Å²) in [5, 5.41) is 13.6. The lowest BCUT2D eigenvalue weighted by Gasteiger charge is -2.15. The number of nitrogens with two attached hydrogens (primary N) is 1. The predicted molar refractivity (Wildman–Crippen MR) is 64.3 cm³/mol. The standard InChI is InChI=1S/C9H15N5O4/c1-17-4-6(18-2)3-11-9-7(14(15)16)8(10)12-5-13-9/h5-6H,3-4H2,1-2H3,(H3,10,11,12,13). The molecule has 100 valence electrons. The summed E-state index contributed by atoms with van der Waals surface area (Å²) in [5.74, 6) is -0.121. The van der Waals surface area contributed by atoms with Crippen molar-refractivity contribution in [3.63, 3.8) is 0 Å². The summed E-state index contributed by atoms with van der Waals surface area (Å²) in [4.78, 5) is 17.6. The van der Waals surface area contributed by atoms with Crippen molar-refractivity contribution < 1.29 is 14.4 Å².